The summed E-state index contributed by atoms with van der Waals surface area (Å²) in [6.45, 7) is 1.52. The number of carbonyl (C=O) groups excluding carboxylic acids is 3. The van der Waals surface area contributed by atoms with Gasteiger partial charge in [0.2, 0.25) is 0 Å². The molecule has 2 heterocycles. The first kappa shape index (κ1) is 20.7. The summed E-state index contributed by atoms with van der Waals surface area (Å²) in [6.07, 6.45) is 9.30. The molecule has 2 saturated heterocycles. The maximum atomic E-state index is 12.9. The van der Waals surface area contributed by atoms with E-state index < -0.39 is 0 Å². The summed E-state index contributed by atoms with van der Waals surface area (Å²) in [7, 11) is 0. The zero-order chi connectivity index (χ0) is 21.1. The minimum absolute atomic E-state index is 0.0236. The third-order valence-electron chi connectivity index (χ3n) is 6.76. The predicted octanol–water partition coefficient (Wildman–Crippen LogP) is 4.05. The van der Waals surface area contributed by atoms with E-state index in [0.717, 1.165) is 38.5 Å². The SMILES string of the molecule is CC(=O)c1cccc(NC(=O)N2C3CCC2CC(NC(=O)NC2CCCCC2)C3)c1. The molecule has 1 aliphatic carbocycles. The van der Waals surface area contributed by atoms with Crippen LogP contribution in [0.2, 0.25) is 0 Å². The molecule has 2 aliphatic heterocycles. The first-order chi connectivity index (χ1) is 14.5. The van der Waals surface area contributed by atoms with Crippen LogP contribution in [0.3, 0.4) is 0 Å². The monoisotopic (exact) mass is 412 g/mol. The van der Waals surface area contributed by atoms with Crippen molar-refractivity contribution in [1.82, 2.24) is 15.5 Å². The molecule has 0 radical (unpaired) electrons. The highest BCUT2D eigenvalue weighted by molar-refractivity contribution is 5.97. The van der Waals surface area contributed by atoms with Crippen molar-refractivity contribution in [3.63, 3.8) is 0 Å². The molecule has 1 aromatic rings. The van der Waals surface area contributed by atoms with Crippen molar-refractivity contribution in [2.45, 2.75) is 88.9 Å². The summed E-state index contributed by atoms with van der Waals surface area (Å²) in [4.78, 5) is 38.9. The molecule has 2 unspecified atom stereocenters. The number of ketones is 1. The summed E-state index contributed by atoms with van der Waals surface area (Å²) in [5, 5.41) is 9.23. The lowest BCUT2D eigenvalue weighted by molar-refractivity contribution is 0.101. The van der Waals surface area contributed by atoms with Crippen LogP contribution in [0, 0.1) is 0 Å². The van der Waals surface area contributed by atoms with Gasteiger partial charge in [0.25, 0.3) is 0 Å². The number of anilines is 1. The van der Waals surface area contributed by atoms with E-state index in [-0.39, 0.29) is 36.0 Å². The van der Waals surface area contributed by atoms with Crippen LogP contribution < -0.4 is 16.0 Å². The van der Waals surface area contributed by atoms with Gasteiger partial charge in [0.05, 0.1) is 0 Å². The maximum Gasteiger partial charge on any atom is 0.322 e. The molecule has 0 aromatic heterocycles. The zero-order valence-corrected chi connectivity index (χ0v) is 17.7. The molecular formula is C23H32N4O3. The molecule has 3 N–H and O–H groups in total. The fraction of sp³-hybridized carbons (Fsp3) is 0.609. The quantitative estimate of drug-likeness (QED) is 0.652. The highest BCUT2D eigenvalue weighted by atomic mass is 16.2. The Morgan fingerprint density at radius 1 is 0.900 bits per heavy atom. The van der Waals surface area contributed by atoms with Gasteiger partial charge in [-0.15, -0.1) is 0 Å². The normalized spacial score (nSPS) is 26.2. The second-order valence-electron chi connectivity index (χ2n) is 8.98. The van der Waals surface area contributed by atoms with Gasteiger partial charge in [-0.05, 0) is 57.6 Å². The molecule has 3 aliphatic rings. The molecule has 2 atom stereocenters. The number of fused-ring (bicyclic) bond motifs is 2. The number of amides is 4. The fourth-order valence-corrected chi connectivity index (χ4v) is 5.29. The highest BCUT2D eigenvalue weighted by Crippen LogP contribution is 2.36. The van der Waals surface area contributed by atoms with Gasteiger partial charge < -0.3 is 20.9 Å². The van der Waals surface area contributed by atoms with Gasteiger partial charge in [-0.2, -0.15) is 0 Å². The fourth-order valence-electron chi connectivity index (χ4n) is 5.29. The predicted molar refractivity (Wildman–Crippen MR) is 116 cm³/mol. The molecule has 4 rings (SSSR count). The van der Waals surface area contributed by atoms with Gasteiger partial charge in [0.1, 0.15) is 0 Å². The van der Waals surface area contributed by atoms with Gasteiger partial charge in [-0.1, -0.05) is 31.4 Å². The molecule has 2 bridgehead atoms. The number of rotatable bonds is 4. The third-order valence-corrected chi connectivity index (χ3v) is 6.76. The number of nitrogens with one attached hydrogen (secondary N) is 3. The van der Waals surface area contributed by atoms with Crippen molar-refractivity contribution >= 4 is 23.5 Å². The third kappa shape index (κ3) is 4.77. The highest BCUT2D eigenvalue weighted by Gasteiger charge is 2.43. The van der Waals surface area contributed by atoms with Crippen LogP contribution in [0.4, 0.5) is 15.3 Å². The van der Waals surface area contributed by atoms with Crippen LogP contribution in [0.5, 0.6) is 0 Å². The van der Waals surface area contributed by atoms with E-state index in [2.05, 4.69) is 16.0 Å². The van der Waals surface area contributed by atoms with Crippen LogP contribution in [0.1, 0.15) is 75.1 Å². The molecule has 162 valence electrons. The van der Waals surface area contributed by atoms with E-state index >= 15 is 0 Å². The van der Waals surface area contributed by atoms with Gasteiger partial charge in [-0.25, -0.2) is 9.59 Å². The van der Waals surface area contributed by atoms with Crippen LogP contribution in [-0.4, -0.2) is 46.9 Å². The van der Waals surface area contributed by atoms with Gasteiger partial charge in [0.15, 0.2) is 5.78 Å². The number of urea groups is 2. The van der Waals surface area contributed by atoms with Crippen molar-refractivity contribution in [2.75, 3.05) is 5.32 Å². The second kappa shape index (κ2) is 9.06. The van der Waals surface area contributed by atoms with E-state index in [1.165, 1.54) is 26.2 Å². The number of hydrogen-bond donors (Lipinski definition) is 3. The van der Waals surface area contributed by atoms with E-state index in [1.807, 2.05) is 4.90 Å². The molecule has 7 heteroatoms. The van der Waals surface area contributed by atoms with Crippen LogP contribution in [0.25, 0.3) is 0 Å². The van der Waals surface area contributed by atoms with Crippen molar-refractivity contribution in [2.24, 2.45) is 0 Å². The molecule has 0 spiro atoms. The Morgan fingerprint density at radius 3 is 2.23 bits per heavy atom. The number of piperidine rings is 1. The lowest BCUT2D eigenvalue weighted by Crippen LogP contribution is -2.55. The average molecular weight is 413 g/mol. The lowest BCUT2D eigenvalue weighted by atomic mass is 9.95. The van der Waals surface area contributed by atoms with Gasteiger partial charge in [-0.3, -0.25) is 4.79 Å². The van der Waals surface area contributed by atoms with Crippen LogP contribution in [0.15, 0.2) is 24.3 Å². The molecule has 1 saturated carbocycles. The van der Waals surface area contributed by atoms with Crippen molar-refractivity contribution in [1.29, 1.82) is 0 Å². The number of Topliss-reactive ketones (excluding diaryl/α,β-unsaturated/α-hetero) is 1. The molecular weight excluding hydrogens is 380 g/mol. The Balaban J connectivity index is 1.31. The smallest absolute Gasteiger partial charge is 0.322 e. The minimum Gasteiger partial charge on any atom is -0.335 e. The molecule has 4 amide bonds. The molecule has 3 fully saturated rings. The summed E-state index contributed by atoms with van der Waals surface area (Å²) in [6, 6.07) is 7.54. The topological polar surface area (TPSA) is 90.5 Å². The summed E-state index contributed by atoms with van der Waals surface area (Å²) in [5.41, 5.74) is 1.22. The van der Waals surface area contributed by atoms with Crippen molar-refractivity contribution in [3.8, 4) is 0 Å². The number of benzene rings is 1. The minimum atomic E-state index is -0.117. The largest absolute Gasteiger partial charge is 0.335 e. The standard InChI is InChI=1S/C23H32N4O3/c1-15(28)16-6-5-9-18(12-16)26-23(30)27-20-10-11-21(27)14-19(13-20)25-22(29)24-17-7-3-2-4-8-17/h5-6,9,12,17,19-21H,2-4,7-8,10-11,13-14H2,1H3,(H,26,30)(H2,24,25,29). The summed E-state index contributed by atoms with van der Waals surface area (Å²) in [5.74, 6) is -0.0236. The second-order valence-corrected chi connectivity index (χ2v) is 8.98. The van der Waals surface area contributed by atoms with E-state index in [4.69, 9.17) is 0 Å². The van der Waals surface area contributed by atoms with Gasteiger partial charge in [0, 0.05) is 35.4 Å². The summed E-state index contributed by atoms with van der Waals surface area (Å²) < 4.78 is 0. The lowest BCUT2D eigenvalue weighted by Gasteiger charge is -2.39. The Kier molecular flexibility index (Phi) is 6.25. The Hall–Kier alpha value is -2.57. The first-order valence-corrected chi connectivity index (χ1v) is 11.3. The summed E-state index contributed by atoms with van der Waals surface area (Å²) >= 11 is 0. The van der Waals surface area contributed by atoms with Crippen molar-refractivity contribution < 1.29 is 14.4 Å². The van der Waals surface area contributed by atoms with Gasteiger partial charge >= 0.3 is 12.1 Å². The Labute approximate surface area is 178 Å². The average Bonchev–Trinajstić information content (AvgIpc) is 3.00. The number of carbonyl (C=O) groups is 3. The maximum absolute atomic E-state index is 12.9. The van der Waals surface area contributed by atoms with E-state index in [9.17, 15) is 14.4 Å². The number of hydrogen-bond acceptors (Lipinski definition) is 3. The zero-order valence-electron chi connectivity index (χ0n) is 17.7. The van der Waals surface area contributed by atoms with Crippen molar-refractivity contribution in [3.05, 3.63) is 29.8 Å². The first-order valence-electron chi connectivity index (χ1n) is 11.3. The van der Waals surface area contributed by atoms with Crippen LogP contribution in [-0.2, 0) is 0 Å². The Morgan fingerprint density at radius 2 is 1.57 bits per heavy atom. The molecule has 30 heavy (non-hydrogen) atoms. The molecule has 7 nitrogen and oxygen atoms in total. The van der Waals surface area contributed by atoms with Crippen LogP contribution >= 0.6 is 0 Å². The van der Waals surface area contributed by atoms with E-state index in [1.54, 1.807) is 24.3 Å². The van der Waals surface area contributed by atoms with E-state index in [0.29, 0.717) is 17.3 Å². The molecule has 1 aromatic carbocycles. The number of nitrogens with zero attached hydrogens (tertiary/aromatic N) is 1. The Bertz CT molecular complexity index is 791.